The highest BCUT2D eigenvalue weighted by Crippen LogP contribution is 2.27. The number of morpholine rings is 1. The van der Waals surface area contributed by atoms with Gasteiger partial charge in [0.2, 0.25) is 0 Å². The number of hydrogen-bond donors (Lipinski definition) is 3. The minimum absolute atomic E-state index is 0.0292. The lowest BCUT2D eigenvalue weighted by molar-refractivity contribution is 0.0307. The second kappa shape index (κ2) is 8.82. The fourth-order valence-electron chi connectivity index (χ4n) is 2.14. The fourth-order valence-corrected chi connectivity index (χ4v) is 2.41. The molecule has 1 atom stereocenters. The summed E-state index contributed by atoms with van der Waals surface area (Å²) in [6.45, 7) is 5.48. The average molecular weight is 328 g/mol. The molecule has 1 aliphatic rings. The number of amides is 2. The Morgan fingerprint density at radius 3 is 3.09 bits per heavy atom. The standard InChI is InChI=1S/C15H22ClN3O3/c1-11-3-2-4-13(16)14(11)22-8-6-18-15(20)19-10-12-9-17-5-7-21-12/h2-4,12,17H,5-10H2,1H3,(H2,18,19,20). The van der Waals surface area contributed by atoms with Crippen LogP contribution in [0.3, 0.4) is 0 Å². The van der Waals surface area contributed by atoms with Gasteiger partial charge in [0.05, 0.1) is 24.3 Å². The number of halogens is 1. The van der Waals surface area contributed by atoms with Crippen molar-refractivity contribution < 1.29 is 14.3 Å². The zero-order valence-electron chi connectivity index (χ0n) is 12.7. The first-order valence-corrected chi connectivity index (χ1v) is 7.76. The van der Waals surface area contributed by atoms with Crippen molar-refractivity contribution in [2.45, 2.75) is 13.0 Å². The molecule has 7 heteroatoms. The maximum absolute atomic E-state index is 11.7. The van der Waals surface area contributed by atoms with Gasteiger partial charge in [-0.25, -0.2) is 4.79 Å². The van der Waals surface area contributed by atoms with Crippen LogP contribution >= 0.6 is 11.6 Å². The van der Waals surface area contributed by atoms with Gasteiger partial charge < -0.3 is 25.4 Å². The van der Waals surface area contributed by atoms with E-state index in [9.17, 15) is 4.79 Å². The molecule has 122 valence electrons. The molecule has 2 amide bonds. The van der Waals surface area contributed by atoms with Crippen LogP contribution in [0.1, 0.15) is 5.56 Å². The van der Waals surface area contributed by atoms with E-state index in [1.165, 1.54) is 0 Å². The minimum Gasteiger partial charge on any atom is -0.490 e. The third kappa shape index (κ3) is 5.36. The molecule has 1 unspecified atom stereocenters. The van der Waals surface area contributed by atoms with E-state index in [1.807, 2.05) is 19.1 Å². The van der Waals surface area contributed by atoms with Crippen molar-refractivity contribution >= 4 is 17.6 Å². The zero-order valence-corrected chi connectivity index (χ0v) is 13.4. The monoisotopic (exact) mass is 327 g/mol. The Labute approximate surface area is 135 Å². The topological polar surface area (TPSA) is 71.6 Å². The van der Waals surface area contributed by atoms with Gasteiger partial charge in [-0.3, -0.25) is 0 Å². The SMILES string of the molecule is Cc1cccc(Cl)c1OCCNC(=O)NCC1CNCCO1. The summed E-state index contributed by atoms with van der Waals surface area (Å²) in [7, 11) is 0. The van der Waals surface area contributed by atoms with Crippen molar-refractivity contribution in [3.05, 3.63) is 28.8 Å². The second-order valence-electron chi connectivity index (χ2n) is 5.07. The third-order valence-electron chi connectivity index (χ3n) is 3.29. The van der Waals surface area contributed by atoms with Crippen molar-refractivity contribution in [2.75, 3.05) is 39.4 Å². The third-order valence-corrected chi connectivity index (χ3v) is 3.59. The predicted molar refractivity (Wildman–Crippen MR) is 85.7 cm³/mol. The van der Waals surface area contributed by atoms with Crippen LogP contribution < -0.4 is 20.7 Å². The predicted octanol–water partition coefficient (Wildman–Crippen LogP) is 1.31. The van der Waals surface area contributed by atoms with Crippen LogP contribution in [0.2, 0.25) is 5.02 Å². The summed E-state index contributed by atoms with van der Waals surface area (Å²) in [5, 5.41) is 9.30. The quantitative estimate of drug-likeness (QED) is 0.689. The van der Waals surface area contributed by atoms with E-state index in [2.05, 4.69) is 16.0 Å². The van der Waals surface area contributed by atoms with Crippen LogP contribution in [-0.4, -0.2) is 51.5 Å². The Hall–Kier alpha value is -1.50. The van der Waals surface area contributed by atoms with Crippen LogP contribution in [0.5, 0.6) is 5.75 Å². The molecule has 0 radical (unpaired) electrons. The Morgan fingerprint density at radius 2 is 2.36 bits per heavy atom. The van der Waals surface area contributed by atoms with E-state index >= 15 is 0 Å². The normalized spacial score (nSPS) is 17.8. The van der Waals surface area contributed by atoms with Gasteiger partial charge in [0.25, 0.3) is 0 Å². The molecule has 0 aliphatic carbocycles. The summed E-state index contributed by atoms with van der Waals surface area (Å²) in [4.78, 5) is 11.7. The minimum atomic E-state index is -0.228. The number of benzene rings is 1. The van der Waals surface area contributed by atoms with Crippen LogP contribution in [0, 0.1) is 6.92 Å². The van der Waals surface area contributed by atoms with Crippen molar-refractivity contribution in [2.24, 2.45) is 0 Å². The molecule has 1 saturated heterocycles. The van der Waals surface area contributed by atoms with Gasteiger partial charge in [-0.1, -0.05) is 23.7 Å². The number of nitrogens with one attached hydrogen (secondary N) is 3. The molecular formula is C15H22ClN3O3. The first kappa shape index (κ1) is 16.9. The molecule has 6 nitrogen and oxygen atoms in total. The highest BCUT2D eigenvalue weighted by molar-refractivity contribution is 6.32. The summed E-state index contributed by atoms with van der Waals surface area (Å²) in [5.41, 5.74) is 0.971. The largest absolute Gasteiger partial charge is 0.490 e. The van der Waals surface area contributed by atoms with Crippen molar-refractivity contribution in [1.82, 2.24) is 16.0 Å². The van der Waals surface area contributed by atoms with Gasteiger partial charge in [-0.15, -0.1) is 0 Å². The smallest absolute Gasteiger partial charge is 0.315 e. The molecule has 0 saturated carbocycles. The Kier molecular flexibility index (Phi) is 6.76. The Bertz CT molecular complexity index is 473. The molecule has 2 rings (SSSR count). The zero-order chi connectivity index (χ0) is 15.8. The van der Waals surface area contributed by atoms with E-state index in [1.54, 1.807) is 6.07 Å². The molecule has 0 aromatic heterocycles. The molecule has 1 aliphatic heterocycles. The van der Waals surface area contributed by atoms with Crippen LogP contribution in [0.4, 0.5) is 4.79 Å². The van der Waals surface area contributed by atoms with Gasteiger partial charge in [0.1, 0.15) is 12.4 Å². The number of para-hydroxylation sites is 1. The van der Waals surface area contributed by atoms with Crippen LogP contribution in [0.15, 0.2) is 18.2 Å². The maximum Gasteiger partial charge on any atom is 0.315 e. The molecule has 0 bridgehead atoms. The molecule has 1 aromatic rings. The number of aryl methyl sites for hydroxylation is 1. The van der Waals surface area contributed by atoms with Crippen LogP contribution in [-0.2, 0) is 4.74 Å². The first-order valence-electron chi connectivity index (χ1n) is 7.39. The number of carbonyl (C=O) groups is 1. The van der Waals surface area contributed by atoms with E-state index in [-0.39, 0.29) is 12.1 Å². The van der Waals surface area contributed by atoms with Gasteiger partial charge in [-0.2, -0.15) is 0 Å². The number of rotatable bonds is 6. The lowest BCUT2D eigenvalue weighted by atomic mass is 10.2. The molecule has 0 spiro atoms. The summed E-state index contributed by atoms with van der Waals surface area (Å²) in [6, 6.07) is 5.36. The van der Waals surface area contributed by atoms with E-state index < -0.39 is 0 Å². The molecule has 3 N–H and O–H groups in total. The second-order valence-corrected chi connectivity index (χ2v) is 5.48. The number of hydrogen-bond acceptors (Lipinski definition) is 4. The van der Waals surface area contributed by atoms with Gasteiger partial charge in [0.15, 0.2) is 0 Å². The van der Waals surface area contributed by atoms with E-state index in [0.29, 0.717) is 37.1 Å². The number of carbonyl (C=O) groups excluding carboxylic acids is 1. The molecule has 1 aromatic carbocycles. The van der Waals surface area contributed by atoms with Gasteiger partial charge >= 0.3 is 6.03 Å². The van der Waals surface area contributed by atoms with Gasteiger partial charge in [-0.05, 0) is 18.6 Å². The van der Waals surface area contributed by atoms with Gasteiger partial charge in [0, 0.05) is 19.6 Å². The first-order chi connectivity index (χ1) is 10.7. The van der Waals surface area contributed by atoms with Crippen LogP contribution in [0.25, 0.3) is 0 Å². The summed E-state index contributed by atoms with van der Waals surface area (Å²) >= 11 is 6.06. The van der Waals surface area contributed by atoms with E-state index in [4.69, 9.17) is 21.1 Å². The number of urea groups is 1. The van der Waals surface area contributed by atoms with Crippen molar-refractivity contribution in [3.8, 4) is 5.75 Å². The highest BCUT2D eigenvalue weighted by Gasteiger charge is 2.13. The summed E-state index contributed by atoms with van der Waals surface area (Å²) in [6.07, 6.45) is 0.0292. The van der Waals surface area contributed by atoms with E-state index in [0.717, 1.165) is 18.7 Å². The molecular weight excluding hydrogens is 306 g/mol. The highest BCUT2D eigenvalue weighted by atomic mass is 35.5. The molecule has 1 fully saturated rings. The molecule has 22 heavy (non-hydrogen) atoms. The lowest BCUT2D eigenvalue weighted by Gasteiger charge is -2.23. The lowest BCUT2D eigenvalue weighted by Crippen LogP contribution is -2.47. The Balaban J connectivity index is 1.60. The average Bonchev–Trinajstić information content (AvgIpc) is 2.53. The number of ether oxygens (including phenoxy) is 2. The fraction of sp³-hybridized carbons (Fsp3) is 0.533. The van der Waals surface area contributed by atoms with Crippen molar-refractivity contribution in [3.63, 3.8) is 0 Å². The summed E-state index contributed by atoms with van der Waals surface area (Å²) < 4.78 is 11.1. The maximum atomic E-state index is 11.7. The Morgan fingerprint density at radius 1 is 1.50 bits per heavy atom. The van der Waals surface area contributed by atoms with Crippen molar-refractivity contribution in [1.29, 1.82) is 0 Å². The molecule has 1 heterocycles. The summed E-state index contributed by atoms with van der Waals surface area (Å²) in [5.74, 6) is 0.660.